The molecule has 0 bridgehead atoms. The van der Waals surface area contributed by atoms with E-state index in [1.54, 1.807) is 54.6 Å². The Morgan fingerprint density at radius 1 is 0.868 bits per heavy atom. The molecule has 0 aliphatic heterocycles. The Kier molecular flexibility index (Phi) is 9.05. The third kappa shape index (κ3) is 7.63. The molecule has 0 aromatic heterocycles. The molecule has 0 atom stereocenters. The maximum absolute atomic E-state index is 12.7. The summed E-state index contributed by atoms with van der Waals surface area (Å²) in [5.74, 6) is 0.801. The molecule has 0 fully saturated rings. The first-order valence-electron chi connectivity index (χ1n) is 11.8. The SMILES string of the molecule is Cc1ccc(COc2ccc(/C=C(\C#N)C(=O)Nc3ccc(OCc4ccc(Cl)cc4Cl)cc3)cc2)cc1. The van der Waals surface area contributed by atoms with E-state index in [1.807, 2.05) is 49.4 Å². The van der Waals surface area contributed by atoms with Crippen LogP contribution in [0.2, 0.25) is 10.0 Å². The Hall–Kier alpha value is -4.24. The number of hydrogen-bond donors (Lipinski definition) is 1. The second-order valence-corrected chi connectivity index (χ2v) is 9.36. The van der Waals surface area contributed by atoms with Crippen LogP contribution in [-0.4, -0.2) is 5.91 Å². The third-order valence-electron chi connectivity index (χ3n) is 5.60. The van der Waals surface area contributed by atoms with Gasteiger partial charge in [-0.15, -0.1) is 0 Å². The highest BCUT2D eigenvalue weighted by molar-refractivity contribution is 6.35. The van der Waals surface area contributed by atoms with Gasteiger partial charge in [0, 0.05) is 21.3 Å². The van der Waals surface area contributed by atoms with Crippen LogP contribution >= 0.6 is 23.2 Å². The van der Waals surface area contributed by atoms with E-state index in [1.165, 1.54) is 11.6 Å². The smallest absolute Gasteiger partial charge is 0.266 e. The number of hydrogen-bond acceptors (Lipinski definition) is 4. The highest BCUT2D eigenvalue weighted by atomic mass is 35.5. The van der Waals surface area contributed by atoms with Crippen molar-refractivity contribution in [2.24, 2.45) is 0 Å². The van der Waals surface area contributed by atoms with Crippen molar-refractivity contribution >= 4 is 40.9 Å². The van der Waals surface area contributed by atoms with Gasteiger partial charge in [0.15, 0.2) is 0 Å². The lowest BCUT2D eigenvalue weighted by Crippen LogP contribution is -2.13. The van der Waals surface area contributed by atoms with E-state index >= 15 is 0 Å². The number of carbonyl (C=O) groups excluding carboxylic acids is 1. The molecule has 0 aliphatic carbocycles. The number of carbonyl (C=O) groups is 1. The van der Waals surface area contributed by atoms with Crippen molar-refractivity contribution in [3.05, 3.63) is 129 Å². The summed E-state index contributed by atoms with van der Waals surface area (Å²) in [6.07, 6.45) is 1.53. The molecule has 0 aliphatic rings. The van der Waals surface area contributed by atoms with Crippen LogP contribution in [0.4, 0.5) is 5.69 Å². The van der Waals surface area contributed by atoms with Crippen molar-refractivity contribution < 1.29 is 14.3 Å². The van der Waals surface area contributed by atoms with Crippen LogP contribution in [0.15, 0.2) is 96.6 Å². The van der Waals surface area contributed by atoms with Gasteiger partial charge in [-0.1, -0.05) is 71.2 Å². The van der Waals surface area contributed by atoms with Crippen molar-refractivity contribution in [3.8, 4) is 17.6 Å². The number of amides is 1. The van der Waals surface area contributed by atoms with Crippen LogP contribution in [0.25, 0.3) is 6.08 Å². The summed E-state index contributed by atoms with van der Waals surface area (Å²) in [6, 6.07) is 29.4. The van der Waals surface area contributed by atoms with Gasteiger partial charge < -0.3 is 14.8 Å². The summed E-state index contributed by atoms with van der Waals surface area (Å²) in [7, 11) is 0. The second-order valence-electron chi connectivity index (χ2n) is 8.52. The van der Waals surface area contributed by atoms with Crippen LogP contribution < -0.4 is 14.8 Å². The number of anilines is 1. The molecule has 7 heteroatoms. The normalized spacial score (nSPS) is 10.9. The molecule has 4 rings (SSSR count). The zero-order valence-corrected chi connectivity index (χ0v) is 22.1. The first-order chi connectivity index (χ1) is 18.4. The number of nitrogens with zero attached hydrogens (tertiary/aromatic N) is 1. The standard InChI is InChI=1S/C31H24Cl2N2O3/c1-21-2-4-23(5-3-21)19-37-28-12-6-22(7-13-28)16-25(18-34)31(36)35-27-10-14-29(15-11-27)38-20-24-8-9-26(32)17-30(24)33/h2-17H,19-20H2,1H3,(H,35,36)/b25-16+. The molecule has 4 aromatic rings. The summed E-state index contributed by atoms with van der Waals surface area (Å²) in [5.41, 5.74) is 4.31. The van der Waals surface area contributed by atoms with E-state index in [4.69, 9.17) is 32.7 Å². The minimum atomic E-state index is -0.506. The zero-order valence-electron chi connectivity index (χ0n) is 20.6. The number of halogens is 2. The topological polar surface area (TPSA) is 71.3 Å². The Morgan fingerprint density at radius 3 is 2.13 bits per heavy atom. The van der Waals surface area contributed by atoms with Gasteiger partial charge in [-0.25, -0.2) is 0 Å². The zero-order chi connectivity index (χ0) is 26.9. The Bertz CT molecular complexity index is 1470. The molecule has 0 saturated heterocycles. The van der Waals surface area contributed by atoms with E-state index in [9.17, 15) is 10.1 Å². The van der Waals surface area contributed by atoms with Gasteiger partial charge in [0.05, 0.1) is 0 Å². The summed E-state index contributed by atoms with van der Waals surface area (Å²) >= 11 is 12.1. The number of nitriles is 1. The minimum absolute atomic E-state index is 0.0176. The fraction of sp³-hybridized carbons (Fsp3) is 0.0968. The fourth-order valence-electron chi connectivity index (χ4n) is 3.46. The summed E-state index contributed by atoms with van der Waals surface area (Å²) in [5, 5.41) is 13.4. The molecule has 0 spiro atoms. The molecule has 190 valence electrons. The van der Waals surface area contributed by atoms with Crippen LogP contribution in [-0.2, 0) is 18.0 Å². The quantitative estimate of drug-likeness (QED) is 0.172. The van der Waals surface area contributed by atoms with Gasteiger partial charge in [-0.2, -0.15) is 5.26 Å². The molecule has 1 amide bonds. The lowest BCUT2D eigenvalue weighted by Gasteiger charge is -2.10. The first-order valence-corrected chi connectivity index (χ1v) is 12.5. The molecular weight excluding hydrogens is 519 g/mol. The van der Waals surface area contributed by atoms with Crippen LogP contribution in [0.1, 0.15) is 22.3 Å². The van der Waals surface area contributed by atoms with Crippen molar-refractivity contribution in [1.82, 2.24) is 0 Å². The molecule has 38 heavy (non-hydrogen) atoms. The average molecular weight is 543 g/mol. The molecule has 1 N–H and O–H groups in total. The molecule has 0 saturated carbocycles. The van der Waals surface area contributed by atoms with Gasteiger partial charge in [0.2, 0.25) is 0 Å². The highest BCUT2D eigenvalue weighted by Crippen LogP contribution is 2.24. The monoisotopic (exact) mass is 542 g/mol. The Balaban J connectivity index is 1.32. The van der Waals surface area contributed by atoms with Gasteiger partial charge in [-0.05, 0) is 72.7 Å². The van der Waals surface area contributed by atoms with Gasteiger partial charge in [0.25, 0.3) is 5.91 Å². The fourth-order valence-corrected chi connectivity index (χ4v) is 3.92. The molecule has 5 nitrogen and oxygen atoms in total. The number of rotatable bonds is 9. The van der Waals surface area contributed by atoms with Gasteiger partial charge in [-0.3, -0.25) is 4.79 Å². The summed E-state index contributed by atoms with van der Waals surface area (Å²) in [4.78, 5) is 12.7. The third-order valence-corrected chi connectivity index (χ3v) is 6.19. The van der Waals surface area contributed by atoms with Crippen LogP contribution in [0.3, 0.4) is 0 Å². The number of ether oxygens (including phenoxy) is 2. The maximum atomic E-state index is 12.7. The van der Waals surface area contributed by atoms with Crippen molar-refractivity contribution in [1.29, 1.82) is 5.26 Å². The van der Waals surface area contributed by atoms with Crippen LogP contribution in [0.5, 0.6) is 11.5 Å². The van der Waals surface area contributed by atoms with Crippen molar-refractivity contribution in [2.45, 2.75) is 20.1 Å². The number of aryl methyl sites for hydroxylation is 1. The van der Waals surface area contributed by atoms with E-state index in [0.29, 0.717) is 39.4 Å². The lowest BCUT2D eigenvalue weighted by atomic mass is 10.1. The van der Waals surface area contributed by atoms with Gasteiger partial charge in [0.1, 0.15) is 36.4 Å². The summed E-state index contributed by atoms with van der Waals surface area (Å²) in [6.45, 7) is 2.78. The van der Waals surface area contributed by atoms with Crippen LogP contribution in [0, 0.1) is 18.3 Å². The second kappa shape index (κ2) is 12.8. The Labute approximate surface area is 231 Å². The lowest BCUT2D eigenvalue weighted by molar-refractivity contribution is -0.112. The summed E-state index contributed by atoms with van der Waals surface area (Å²) < 4.78 is 11.6. The highest BCUT2D eigenvalue weighted by Gasteiger charge is 2.10. The van der Waals surface area contributed by atoms with E-state index < -0.39 is 5.91 Å². The largest absolute Gasteiger partial charge is 0.489 e. The number of nitrogens with one attached hydrogen (secondary N) is 1. The van der Waals surface area contributed by atoms with E-state index in [-0.39, 0.29) is 12.2 Å². The van der Waals surface area contributed by atoms with Crippen molar-refractivity contribution in [2.75, 3.05) is 5.32 Å². The maximum Gasteiger partial charge on any atom is 0.266 e. The Morgan fingerprint density at radius 2 is 1.50 bits per heavy atom. The molecule has 4 aromatic carbocycles. The number of benzene rings is 4. The van der Waals surface area contributed by atoms with Gasteiger partial charge >= 0.3 is 0 Å². The first kappa shape index (κ1) is 26.8. The predicted octanol–water partition coefficient (Wildman–Crippen LogP) is 8.01. The molecular formula is C31H24Cl2N2O3. The van der Waals surface area contributed by atoms with E-state index in [0.717, 1.165) is 11.1 Å². The van der Waals surface area contributed by atoms with Crippen molar-refractivity contribution in [3.63, 3.8) is 0 Å². The molecule has 0 radical (unpaired) electrons. The molecule has 0 unspecified atom stereocenters. The minimum Gasteiger partial charge on any atom is -0.489 e. The molecule has 0 heterocycles. The van der Waals surface area contributed by atoms with E-state index in [2.05, 4.69) is 5.32 Å². The average Bonchev–Trinajstić information content (AvgIpc) is 2.92. The predicted molar refractivity (Wildman–Crippen MR) is 151 cm³/mol.